The van der Waals surface area contributed by atoms with Crippen LogP contribution in [0.3, 0.4) is 0 Å². The summed E-state index contributed by atoms with van der Waals surface area (Å²) >= 11 is 3.52. The van der Waals surface area contributed by atoms with Crippen LogP contribution in [-0.4, -0.2) is 52.0 Å². The van der Waals surface area contributed by atoms with Crippen molar-refractivity contribution in [3.63, 3.8) is 0 Å². The summed E-state index contributed by atoms with van der Waals surface area (Å²) < 4.78 is 9.19. The summed E-state index contributed by atoms with van der Waals surface area (Å²) in [5.74, 6) is 1.20. The molecule has 3 heterocycles. The molecule has 4 aromatic rings. The minimum Gasteiger partial charge on any atom is -0.440 e. The van der Waals surface area contributed by atoms with Crippen molar-refractivity contribution >= 4 is 27.4 Å². The minimum atomic E-state index is 0.402. The lowest BCUT2D eigenvalue weighted by Gasteiger charge is -2.11. The number of aromatic nitrogens is 4. The summed E-state index contributed by atoms with van der Waals surface area (Å²) in [5, 5.41) is 18.0. The van der Waals surface area contributed by atoms with E-state index in [4.69, 9.17) is 9.72 Å². The Labute approximate surface area is 188 Å². The smallest absolute Gasteiger partial charge is 0.416 e. The highest BCUT2D eigenvalue weighted by Crippen LogP contribution is 2.26. The standard InChI is InChI=1S/C22H24BrN6O2/c1-27(2)10-11-31-21-9-8-16(15-28(21)30)13-24-20-12-19(17-6-4-3-5-7-17)26-22-18(23)14-25-29(20)22/h3-9,12,14-15,24,30H,10-11,13H2,1-2H3/q+1. The zero-order valence-electron chi connectivity index (χ0n) is 17.4. The van der Waals surface area contributed by atoms with Crippen LogP contribution < -0.4 is 14.8 Å². The average Bonchev–Trinajstić information content (AvgIpc) is 3.14. The van der Waals surface area contributed by atoms with Gasteiger partial charge in [-0.2, -0.15) is 9.61 Å². The maximum atomic E-state index is 10.2. The third-order valence-electron chi connectivity index (χ3n) is 4.71. The molecule has 0 unspecified atom stereocenters. The fourth-order valence-electron chi connectivity index (χ4n) is 3.08. The molecule has 0 atom stereocenters. The van der Waals surface area contributed by atoms with E-state index in [1.807, 2.05) is 61.5 Å². The number of pyridine rings is 1. The molecule has 1 aromatic carbocycles. The molecule has 0 fully saturated rings. The molecule has 4 rings (SSSR count). The highest BCUT2D eigenvalue weighted by atomic mass is 79.9. The zero-order chi connectivity index (χ0) is 21.8. The maximum absolute atomic E-state index is 10.2. The van der Waals surface area contributed by atoms with Crippen molar-refractivity contribution in [1.29, 1.82) is 0 Å². The van der Waals surface area contributed by atoms with E-state index < -0.39 is 0 Å². The second-order valence-electron chi connectivity index (χ2n) is 7.35. The predicted molar refractivity (Wildman–Crippen MR) is 121 cm³/mol. The molecule has 9 heteroatoms. The first-order valence-corrected chi connectivity index (χ1v) is 10.7. The first kappa shape index (κ1) is 21.1. The molecule has 0 radical (unpaired) electrons. The Kier molecular flexibility index (Phi) is 6.34. The Morgan fingerprint density at radius 1 is 1.19 bits per heavy atom. The minimum absolute atomic E-state index is 0.402. The van der Waals surface area contributed by atoms with Crippen molar-refractivity contribution in [1.82, 2.24) is 19.5 Å². The number of likely N-dealkylation sites (N-methyl/N-ethyl adjacent to an activating group) is 1. The van der Waals surface area contributed by atoms with Gasteiger partial charge in [0.1, 0.15) is 12.4 Å². The second kappa shape index (κ2) is 9.32. The number of nitrogens with zero attached hydrogens (tertiary/aromatic N) is 5. The van der Waals surface area contributed by atoms with Gasteiger partial charge in [0.05, 0.1) is 22.4 Å². The van der Waals surface area contributed by atoms with Gasteiger partial charge in [-0.25, -0.2) is 4.98 Å². The van der Waals surface area contributed by atoms with Gasteiger partial charge in [-0.3, -0.25) is 5.21 Å². The number of fused-ring (bicyclic) bond motifs is 1. The van der Waals surface area contributed by atoms with E-state index in [1.165, 1.54) is 0 Å². The average molecular weight is 484 g/mol. The van der Waals surface area contributed by atoms with Crippen molar-refractivity contribution < 1.29 is 14.7 Å². The largest absolute Gasteiger partial charge is 0.440 e. The monoisotopic (exact) mass is 483 g/mol. The molecule has 0 saturated heterocycles. The van der Waals surface area contributed by atoms with E-state index in [1.54, 1.807) is 23.0 Å². The van der Waals surface area contributed by atoms with Gasteiger partial charge in [0.25, 0.3) is 0 Å². The topological polar surface area (TPSA) is 78.8 Å². The molecule has 31 heavy (non-hydrogen) atoms. The van der Waals surface area contributed by atoms with Crippen molar-refractivity contribution in [2.45, 2.75) is 6.54 Å². The first-order valence-electron chi connectivity index (χ1n) is 9.86. The first-order chi connectivity index (χ1) is 15.0. The molecular weight excluding hydrogens is 460 g/mol. The third kappa shape index (κ3) is 4.95. The molecule has 0 amide bonds. The second-order valence-corrected chi connectivity index (χ2v) is 8.20. The molecule has 0 spiro atoms. The Balaban J connectivity index is 1.54. The lowest BCUT2D eigenvalue weighted by atomic mass is 10.1. The third-order valence-corrected chi connectivity index (χ3v) is 5.27. The van der Waals surface area contributed by atoms with E-state index in [2.05, 4.69) is 26.3 Å². The number of halogens is 1. The van der Waals surface area contributed by atoms with Crippen LogP contribution in [0, 0.1) is 0 Å². The molecule has 160 valence electrons. The van der Waals surface area contributed by atoms with Gasteiger partial charge in [-0.05, 0) is 36.1 Å². The van der Waals surface area contributed by atoms with Gasteiger partial charge >= 0.3 is 5.88 Å². The SMILES string of the molecule is CN(C)CCOc1ccc(CNc2cc(-c3ccccc3)nc3c(Br)cnn23)c[n+]1O. The van der Waals surface area contributed by atoms with Crippen LogP contribution in [0.15, 0.2) is 65.4 Å². The van der Waals surface area contributed by atoms with Crippen LogP contribution in [-0.2, 0) is 6.54 Å². The van der Waals surface area contributed by atoms with E-state index in [0.29, 0.717) is 19.0 Å². The molecule has 2 N–H and O–H groups in total. The summed E-state index contributed by atoms with van der Waals surface area (Å²) in [4.78, 5) is 6.76. The lowest BCUT2D eigenvalue weighted by molar-refractivity contribution is -0.906. The van der Waals surface area contributed by atoms with Crippen molar-refractivity contribution in [2.75, 3.05) is 32.6 Å². The summed E-state index contributed by atoms with van der Waals surface area (Å²) in [6, 6.07) is 15.6. The van der Waals surface area contributed by atoms with E-state index >= 15 is 0 Å². The predicted octanol–water partition coefficient (Wildman–Crippen LogP) is 3.24. The van der Waals surface area contributed by atoms with Crippen LogP contribution >= 0.6 is 15.9 Å². The molecule has 0 aliphatic carbocycles. The van der Waals surface area contributed by atoms with Crippen LogP contribution in [0.2, 0.25) is 0 Å². The normalized spacial score (nSPS) is 11.2. The van der Waals surface area contributed by atoms with Gasteiger partial charge in [0.15, 0.2) is 5.65 Å². The van der Waals surface area contributed by atoms with Crippen LogP contribution in [0.1, 0.15) is 5.56 Å². The number of ether oxygens (including phenoxy) is 1. The molecule has 0 aliphatic heterocycles. The summed E-state index contributed by atoms with van der Waals surface area (Å²) in [7, 11) is 3.95. The van der Waals surface area contributed by atoms with E-state index in [-0.39, 0.29) is 0 Å². The number of hydrogen-bond donors (Lipinski definition) is 2. The Morgan fingerprint density at radius 3 is 2.74 bits per heavy atom. The molecular formula is C22H24BrN6O2+. The molecule has 8 nitrogen and oxygen atoms in total. The highest BCUT2D eigenvalue weighted by molar-refractivity contribution is 9.10. The van der Waals surface area contributed by atoms with Gasteiger partial charge < -0.3 is 15.0 Å². The van der Waals surface area contributed by atoms with Crippen LogP contribution in [0.25, 0.3) is 16.9 Å². The number of nitrogens with one attached hydrogen (secondary N) is 1. The summed E-state index contributed by atoms with van der Waals surface area (Å²) in [6.45, 7) is 1.75. The zero-order valence-corrected chi connectivity index (χ0v) is 19.0. The molecule has 0 aliphatic rings. The van der Waals surface area contributed by atoms with Gasteiger partial charge in [0, 0.05) is 35.0 Å². The quantitative estimate of drug-likeness (QED) is 0.296. The van der Waals surface area contributed by atoms with Crippen LogP contribution in [0.5, 0.6) is 5.88 Å². The summed E-state index contributed by atoms with van der Waals surface area (Å²) in [6.07, 6.45) is 3.36. The Bertz CT molecular complexity index is 1180. The van der Waals surface area contributed by atoms with Gasteiger partial charge in [-0.1, -0.05) is 30.3 Å². The maximum Gasteiger partial charge on any atom is 0.416 e. The van der Waals surface area contributed by atoms with Gasteiger partial charge in [0.2, 0.25) is 6.20 Å². The highest BCUT2D eigenvalue weighted by Gasteiger charge is 2.15. The van der Waals surface area contributed by atoms with Crippen molar-refractivity contribution in [3.05, 3.63) is 71.0 Å². The van der Waals surface area contributed by atoms with Crippen LogP contribution in [0.4, 0.5) is 5.82 Å². The molecule has 0 bridgehead atoms. The number of rotatable bonds is 8. The van der Waals surface area contributed by atoms with E-state index in [9.17, 15) is 5.21 Å². The van der Waals surface area contributed by atoms with E-state index in [0.717, 1.165) is 44.0 Å². The Morgan fingerprint density at radius 2 is 2.00 bits per heavy atom. The summed E-state index contributed by atoms with van der Waals surface area (Å²) in [5.41, 5.74) is 3.48. The molecule has 3 aromatic heterocycles. The van der Waals surface area contributed by atoms with Crippen molar-refractivity contribution in [3.8, 4) is 17.1 Å². The molecule has 0 saturated carbocycles. The Hall–Kier alpha value is -3.17. The van der Waals surface area contributed by atoms with Gasteiger partial charge in [-0.15, -0.1) is 0 Å². The fraction of sp³-hybridized carbons (Fsp3) is 0.227. The number of anilines is 1. The number of benzene rings is 1. The fourth-order valence-corrected chi connectivity index (χ4v) is 3.43. The number of hydrogen-bond acceptors (Lipinski definition) is 6. The lowest BCUT2D eigenvalue weighted by Crippen LogP contribution is -2.34. The van der Waals surface area contributed by atoms with Crippen molar-refractivity contribution in [2.24, 2.45) is 0 Å².